The number of ether oxygens (including phenoxy) is 1. The summed E-state index contributed by atoms with van der Waals surface area (Å²) in [5.74, 6) is 0.319. The first-order chi connectivity index (χ1) is 9.08. The molecule has 0 saturated heterocycles. The maximum atomic E-state index is 10.7. The summed E-state index contributed by atoms with van der Waals surface area (Å²) < 4.78 is 5.56. The van der Waals surface area contributed by atoms with E-state index in [9.17, 15) is 10.1 Å². The van der Waals surface area contributed by atoms with Crippen LogP contribution >= 0.6 is 11.6 Å². The standard InChI is InChI=1S/C14H12ClNO3/c1-10-4-2-3-5-11(10)9-19-14-8-12(16(17)18)6-7-13(14)15/h2-8H,9H2,1H3. The lowest BCUT2D eigenvalue weighted by Crippen LogP contribution is -1.99. The molecule has 0 spiro atoms. The zero-order chi connectivity index (χ0) is 13.8. The highest BCUT2D eigenvalue weighted by atomic mass is 35.5. The highest BCUT2D eigenvalue weighted by Gasteiger charge is 2.11. The van der Waals surface area contributed by atoms with Gasteiger partial charge in [0.15, 0.2) is 0 Å². The third-order valence-electron chi connectivity index (χ3n) is 2.77. The summed E-state index contributed by atoms with van der Waals surface area (Å²) in [4.78, 5) is 10.2. The second-order valence-electron chi connectivity index (χ2n) is 4.09. The largest absolute Gasteiger partial charge is 0.487 e. The fourth-order valence-corrected chi connectivity index (χ4v) is 1.82. The van der Waals surface area contributed by atoms with Crippen molar-refractivity contribution in [2.24, 2.45) is 0 Å². The Hall–Kier alpha value is -2.07. The van der Waals surface area contributed by atoms with E-state index in [1.807, 2.05) is 31.2 Å². The van der Waals surface area contributed by atoms with Gasteiger partial charge in [-0.05, 0) is 24.1 Å². The number of nitro groups is 1. The average Bonchev–Trinajstić information content (AvgIpc) is 2.39. The molecule has 2 aromatic carbocycles. The minimum Gasteiger partial charge on any atom is -0.487 e. The van der Waals surface area contributed by atoms with Gasteiger partial charge in [-0.2, -0.15) is 0 Å². The minimum atomic E-state index is -0.475. The first-order valence-corrected chi connectivity index (χ1v) is 6.07. The molecule has 0 amide bonds. The molecule has 4 nitrogen and oxygen atoms in total. The molecule has 2 rings (SSSR count). The summed E-state index contributed by atoms with van der Waals surface area (Å²) in [6.45, 7) is 2.31. The topological polar surface area (TPSA) is 52.4 Å². The Morgan fingerprint density at radius 3 is 2.68 bits per heavy atom. The Kier molecular flexibility index (Phi) is 4.02. The Morgan fingerprint density at radius 1 is 1.26 bits per heavy atom. The number of halogens is 1. The number of rotatable bonds is 4. The molecule has 0 saturated carbocycles. The monoisotopic (exact) mass is 277 g/mol. The van der Waals surface area contributed by atoms with Crippen LogP contribution in [0.15, 0.2) is 42.5 Å². The van der Waals surface area contributed by atoms with Crippen LogP contribution < -0.4 is 4.74 Å². The van der Waals surface area contributed by atoms with E-state index >= 15 is 0 Å². The molecule has 0 aromatic heterocycles. The summed E-state index contributed by atoms with van der Waals surface area (Å²) >= 11 is 5.96. The molecule has 0 radical (unpaired) electrons. The van der Waals surface area contributed by atoms with Crippen LogP contribution in [-0.4, -0.2) is 4.92 Å². The predicted octanol–water partition coefficient (Wildman–Crippen LogP) is 4.14. The highest BCUT2D eigenvalue weighted by Crippen LogP contribution is 2.29. The van der Waals surface area contributed by atoms with E-state index in [-0.39, 0.29) is 5.69 Å². The van der Waals surface area contributed by atoms with Crippen LogP contribution in [0.2, 0.25) is 5.02 Å². The van der Waals surface area contributed by atoms with Gasteiger partial charge < -0.3 is 4.74 Å². The van der Waals surface area contributed by atoms with Crippen LogP contribution in [0, 0.1) is 17.0 Å². The molecule has 0 unspecified atom stereocenters. The van der Waals surface area contributed by atoms with Crippen molar-refractivity contribution in [1.29, 1.82) is 0 Å². The zero-order valence-corrected chi connectivity index (χ0v) is 11.1. The number of nitro benzene ring substituents is 1. The number of hydrogen-bond donors (Lipinski definition) is 0. The maximum Gasteiger partial charge on any atom is 0.273 e. The van der Waals surface area contributed by atoms with Crippen LogP contribution in [-0.2, 0) is 6.61 Å². The molecular formula is C14H12ClNO3. The Balaban J connectivity index is 2.17. The van der Waals surface area contributed by atoms with Gasteiger partial charge in [-0.1, -0.05) is 35.9 Å². The normalized spacial score (nSPS) is 10.2. The first kappa shape index (κ1) is 13.4. The summed E-state index contributed by atoms with van der Waals surface area (Å²) in [5, 5.41) is 11.1. The molecule has 0 aliphatic heterocycles. The molecule has 19 heavy (non-hydrogen) atoms. The van der Waals surface area contributed by atoms with Gasteiger partial charge in [0.2, 0.25) is 0 Å². The second-order valence-corrected chi connectivity index (χ2v) is 4.49. The molecule has 0 heterocycles. The van der Waals surface area contributed by atoms with Crippen LogP contribution in [0.5, 0.6) is 5.75 Å². The molecule has 0 aliphatic carbocycles. The molecular weight excluding hydrogens is 266 g/mol. The molecule has 0 N–H and O–H groups in total. The lowest BCUT2D eigenvalue weighted by molar-refractivity contribution is -0.384. The van der Waals surface area contributed by atoms with Gasteiger partial charge in [0.05, 0.1) is 16.0 Å². The van der Waals surface area contributed by atoms with Crippen LogP contribution in [0.4, 0.5) is 5.69 Å². The highest BCUT2D eigenvalue weighted by molar-refractivity contribution is 6.32. The molecule has 98 valence electrons. The van der Waals surface area contributed by atoms with E-state index in [0.717, 1.165) is 11.1 Å². The van der Waals surface area contributed by atoms with Crippen LogP contribution in [0.25, 0.3) is 0 Å². The van der Waals surface area contributed by atoms with Gasteiger partial charge in [-0.15, -0.1) is 0 Å². The molecule has 5 heteroatoms. The molecule has 0 atom stereocenters. The van der Waals surface area contributed by atoms with E-state index in [1.54, 1.807) is 0 Å². The quantitative estimate of drug-likeness (QED) is 0.623. The summed E-state index contributed by atoms with van der Waals surface area (Å²) in [7, 11) is 0. The Morgan fingerprint density at radius 2 is 2.00 bits per heavy atom. The third kappa shape index (κ3) is 3.23. The van der Waals surface area contributed by atoms with Gasteiger partial charge >= 0.3 is 0 Å². The Labute approximate surface area is 115 Å². The zero-order valence-electron chi connectivity index (χ0n) is 10.3. The van der Waals surface area contributed by atoms with E-state index < -0.39 is 4.92 Å². The SMILES string of the molecule is Cc1ccccc1COc1cc([N+](=O)[O-])ccc1Cl. The second kappa shape index (κ2) is 5.71. The third-order valence-corrected chi connectivity index (χ3v) is 3.08. The van der Waals surface area contributed by atoms with Gasteiger partial charge in [-0.3, -0.25) is 10.1 Å². The fraction of sp³-hybridized carbons (Fsp3) is 0.143. The fourth-order valence-electron chi connectivity index (χ4n) is 1.64. The van der Waals surface area contributed by atoms with E-state index in [0.29, 0.717) is 17.4 Å². The van der Waals surface area contributed by atoms with Crippen LogP contribution in [0.3, 0.4) is 0 Å². The predicted molar refractivity (Wildman–Crippen MR) is 73.6 cm³/mol. The lowest BCUT2D eigenvalue weighted by atomic mass is 10.1. The van der Waals surface area contributed by atoms with Crippen molar-refractivity contribution in [3.63, 3.8) is 0 Å². The molecule has 0 bridgehead atoms. The number of hydrogen-bond acceptors (Lipinski definition) is 3. The van der Waals surface area contributed by atoms with E-state index in [4.69, 9.17) is 16.3 Å². The average molecular weight is 278 g/mol. The van der Waals surface area contributed by atoms with Gasteiger partial charge in [0.25, 0.3) is 5.69 Å². The number of non-ortho nitro benzene ring substituents is 1. The number of nitrogens with zero attached hydrogens (tertiary/aromatic N) is 1. The lowest BCUT2D eigenvalue weighted by Gasteiger charge is -2.09. The van der Waals surface area contributed by atoms with Gasteiger partial charge in [0, 0.05) is 6.07 Å². The van der Waals surface area contributed by atoms with Gasteiger partial charge in [-0.25, -0.2) is 0 Å². The smallest absolute Gasteiger partial charge is 0.273 e. The Bertz CT molecular complexity index is 613. The van der Waals surface area contributed by atoms with Crippen molar-refractivity contribution in [3.05, 3.63) is 68.7 Å². The van der Waals surface area contributed by atoms with Crippen LogP contribution in [0.1, 0.15) is 11.1 Å². The minimum absolute atomic E-state index is 0.0378. The van der Waals surface area contributed by atoms with Gasteiger partial charge in [0.1, 0.15) is 12.4 Å². The van der Waals surface area contributed by atoms with E-state index in [2.05, 4.69) is 0 Å². The van der Waals surface area contributed by atoms with Crippen molar-refractivity contribution in [3.8, 4) is 5.75 Å². The molecule has 0 fully saturated rings. The van der Waals surface area contributed by atoms with E-state index in [1.165, 1.54) is 18.2 Å². The number of aryl methyl sites for hydroxylation is 1. The first-order valence-electron chi connectivity index (χ1n) is 5.69. The summed E-state index contributed by atoms with van der Waals surface area (Å²) in [5.41, 5.74) is 2.08. The number of benzene rings is 2. The summed E-state index contributed by atoms with van der Waals surface area (Å²) in [6.07, 6.45) is 0. The molecule has 0 aliphatic rings. The molecule has 2 aromatic rings. The van der Waals surface area contributed by atoms with Crippen molar-refractivity contribution in [1.82, 2.24) is 0 Å². The summed E-state index contributed by atoms with van der Waals surface area (Å²) in [6, 6.07) is 11.9. The van der Waals surface area contributed by atoms with Crippen molar-refractivity contribution in [2.75, 3.05) is 0 Å². The van der Waals surface area contributed by atoms with Crippen molar-refractivity contribution < 1.29 is 9.66 Å². The van der Waals surface area contributed by atoms with Crippen molar-refractivity contribution >= 4 is 17.3 Å². The van der Waals surface area contributed by atoms with Crippen molar-refractivity contribution in [2.45, 2.75) is 13.5 Å². The maximum absolute atomic E-state index is 10.7.